The van der Waals surface area contributed by atoms with E-state index in [1.54, 1.807) is 24.3 Å². The zero-order valence-electron chi connectivity index (χ0n) is 13.4. The zero-order valence-corrected chi connectivity index (χ0v) is 13.4. The van der Waals surface area contributed by atoms with Crippen LogP contribution in [0.3, 0.4) is 0 Å². The molecule has 0 fully saturated rings. The van der Waals surface area contributed by atoms with Gasteiger partial charge >= 0.3 is 0 Å². The fourth-order valence-corrected chi connectivity index (χ4v) is 2.33. The van der Waals surface area contributed by atoms with Crippen molar-refractivity contribution in [2.75, 3.05) is 11.1 Å². The number of hydrogen-bond donors (Lipinski definition) is 2. The molecule has 3 rings (SSSR count). The normalized spacial score (nSPS) is 10.4. The predicted molar refractivity (Wildman–Crippen MR) is 94.0 cm³/mol. The minimum Gasteiger partial charge on any atom is -0.381 e. The quantitative estimate of drug-likeness (QED) is 0.530. The molecule has 7 nitrogen and oxygen atoms in total. The largest absolute Gasteiger partial charge is 0.381 e. The van der Waals surface area contributed by atoms with E-state index in [9.17, 15) is 9.59 Å². The van der Waals surface area contributed by atoms with Crippen LogP contribution in [-0.2, 0) is 11.3 Å². The van der Waals surface area contributed by atoms with E-state index in [0.717, 1.165) is 5.56 Å². The second-order valence-corrected chi connectivity index (χ2v) is 5.48. The Balaban J connectivity index is 1.63. The van der Waals surface area contributed by atoms with Crippen LogP contribution in [0.1, 0.15) is 22.3 Å². The van der Waals surface area contributed by atoms with Gasteiger partial charge in [0.25, 0.3) is 0 Å². The van der Waals surface area contributed by atoms with Gasteiger partial charge in [0.05, 0.1) is 13.0 Å². The smallest absolute Gasteiger partial charge is 0.233 e. The van der Waals surface area contributed by atoms with Crippen molar-refractivity contribution in [2.45, 2.75) is 13.0 Å². The van der Waals surface area contributed by atoms with Crippen molar-refractivity contribution < 1.29 is 9.59 Å². The van der Waals surface area contributed by atoms with Crippen LogP contribution in [-0.4, -0.2) is 26.7 Å². The monoisotopic (exact) mass is 335 g/mol. The topological polar surface area (TPSA) is 103 Å². The van der Waals surface area contributed by atoms with E-state index in [4.69, 9.17) is 5.73 Å². The molecule has 1 aromatic heterocycles. The average molecular weight is 335 g/mol. The van der Waals surface area contributed by atoms with Crippen molar-refractivity contribution in [1.29, 1.82) is 0 Å². The number of aromatic nitrogens is 3. The van der Waals surface area contributed by atoms with Gasteiger partial charge in [-0.05, 0) is 5.56 Å². The molecule has 0 bridgehead atoms. The van der Waals surface area contributed by atoms with Crippen LogP contribution >= 0.6 is 0 Å². The molecule has 2 aromatic carbocycles. The first-order valence-electron chi connectivity index (χ1n) is 7.74. The second kappa shape index (κ2) is 7.39. The Morgan fingerprint density at radius 2 is 1.64 bits per heavy atom. The lowest BCUT2D eigenvalue weighted by molar-refractivity contribution is -0.115. The number of hydrogen-bond acceptors (Lipinski definition) is 5. The number of carbonyl (C=O) groups excluding carboxylic acids is 2. The Morgan fingerprint density at radius 3 is 2.32 bits per heavy atom. The fourth-order valence-electron chi connectivity index (χ4n) is 2.33. The third kappa shape index (κ3) is 4.08. The number of nitrogens with two attached hydrogens (primary N) is 1. The van der Waals surface area contributed by atoms with Crippen molar-refractivity contribution in [1.82, 2.24) is 15.0 Å². The molecule has 0 aliphatic carbocycles. The van der Waals surface area contributed by atoms with E-state index in [-0.39, 0.29) is 23.8 Å². The number of rotatable bonds is 6. The Bertz CT molecular complexity index is 875. The minimum atomic E-state index is -0.479. The first-order chi connectivity index (χ1) is 12.1. The summed E-state index contributed by atoms with van der Waals surface area (Å²) in [6.07, 6.45) is -0.283. The molecule has 0 atom stereocenters. The molecule has 25 heavy (non-hydrogen) atoms. The van der Waals surface area contributed by atoms with Gasteiger partial charge in [0, 0.05) is 5.56 Å². The van der Waals surface area contributed by atoms with Crippen LogP contribution < -0.4 is 11.1 Å². The van der Waals surface area contributed by atoms with Gasteiger partial charge in [0.1, 0.15) is 0 Å². The van der Waals surface area contributed by atoms with Crippen LogP contribution in [0.25, 0.3) is 0 Å². The number of benzene rings is 2. The van der Waals surface area contributed by atoms with Crippen molar-refractivity contribution in [3.8, 4) is 0 Å². The van der Waals surface area contributed by atoms with Gasteiger partial charge in [-0.1, -0.05) is 65.9 Å². The first kappa shape index (κ1) is 16.4. The van der Waals surface area contributed by atoms with E-state index in [1.165, 1.54) is 4.68 Å². The predicted octanol–water partition coefficient (Wildman–Crippen LogP) is 2.12. The lowest BCUT2D eigenvalue weighted by Crippen LogP contribution is -2.18. The molecule has 0 spiro atoms. The highest BCUT2D eigenvalue weighted by Gasteiger charge is 2.16. The summed E-state index contributed by atoms with van der Waals surface area (Å²) in [6, 6.07) is 18.3. The molecule has 0 unspecified atom stereocenters. The summed E-state index contributed by atoms with van der Waals surface area (Å²) >= 11 is 0. The number of nitrogen functional groups attached to an aromatic ring is 1. The number of anilines is 2. The maximum Gasteiger partial charge on any atom is 0.233 e. The Morgan fingerprint density at radius 1 is 1.00 bits per heavy atom. The van der Waals surface area contributed by atoms with Crippen LogP contribution in [0.2, 0.25) is 0 Å². The molecule has 0 saturated carbocycles. The number of carbonyl (C=O) groups is 2. The lowest BCUT2D eigenvalue weighted by Gasteiger charge is -2.05. The van der Waals surface area contributed by atoms with Gasteiger partial charge in [-0.2, -0.15) is 0 Å². The summed E-state index contributed by atoms with van der Waals surface area (Å²) in [4.78, 5) is 24.1. The van der Waals surface area contributed by atoms with Gasteiger partial charge in [0.2, 0.25) is 5.91 Å². The number of amides is 1. The third-order valence-electron chi connectivity index (χ3n) is 3.62. The molecule has 7 heteroatoms. The van der Waals surface area contributed by atoms with E-state index >= 15 is 0 Å². The molecule has 1 heterocycles. The first-order valence-corrected chi connectivity index (χ1v) is 7.74. The molecule has 0 saturated heterocycles. The third-order valence-corrected chi connectivity index (χ3v) is 3.62. The van der Waals surface area contributed by atoms with Gasteiger partial charge in [-0.15, -0.1) is 5.10 Å². The van der Waals surface area contributed by atoms with Crippen LogP contribution in [0.5, 0.6) is 0 Å². The maximum absolute atomic E-state index is 12.1. The number of ketones is 1. The van der Waals surface area contributed by atoms with E-state index in [1.807, 2.05) is 36.4 Å². The summed E-state index contributed by atoms with van der Waals surface area (Å²) in [6.45, 7) is 0.443. The summed E-state index contributed by atoms with van der Waals surface area (Å²) in [5.74, 6) is -0.355. The molecule has 3 aromatic rings. The fraction of sp³-hybridized carbons (Fsp3) is 0.111. The minimum absolute atomic E-state index is 0.154. The van der Waals surface area contributed by atoms with Gasteiger partial charge in [0.15, 0.2) is 17.4 Å². The SMILES string of the molecule is Nc1c(NC(=O)CC(=O)c2ccccc2)nnn1Cc1ccccc1. The summed E-state index contributed by atoms with van der Waals surface area (Å²) in [7, 11) is 0. The molecule has 3 N–H and O–H groups in total. The van der Waals surface area contributed by atoms with Crippen molar-refractivity contribution >= 4 is 23.3 Å². The summed E-state index contributed by atoms with van der Waals surface area (Å²) < 4.78 is 1.49. The van der Waals surface area contributed by atoms with Gasteiger partial charge in [-0.3, -0.25) is 9.59 Å². The highest BCUT2D eigenvalue weighted by atomic mass is 16.2. The van der Waals surface area contributed by atoms with Gasteiger partial charge < -0.3 is 11.1 Å². The molecule has 126 valence electrons. The lowest BCUT2D eigenvalue weighted by atomic mass is 10.1. The van der Waals surface area contributed by atoms with Crippen LogP contribution in [0.15, 0.2) is 60.7 Å². The van der Waals surface area contributed by atoms with Crippen molar-refractivity contribution in [2.24, 2.45) is 0 Å². The summed E-state index contributed by atoms with van der Waals surface area (Å²) in [5, 5.41) is 10.4. The highest BCUT2D eigenvalue weighted by Crippen LogP contribution is 2.16. The molecule has 0 aliphatic rings. The van der Waals surface area contributed by atoms with Crippen LogP contribution in [0, 0.1) is 0 Å². The average Bonchev–Trinajstić information content (AvgIpc) is 2.96. The van der Waals surface area contributed by atoms with E-state index in [2.05, 4.69) is 15.6 Å². The Hall–Kier alpha value is -3.48. The number of Topliss-reactive ketones (excluding diaryl/α,β-unsaturated/α-hetero) is 1. The number of nitrogens with zero attached hydrogens (tertiary/aromatic N) is 3. The summed E-state index contributed by atoms with van der Waals surface area (Å²) in [5.41, 5.74) is 7.47. The maximum atomic E-state index is 12.1. The highest BCUT2D eigenvalue weighted by molar-refractivity contribution is 6.11. The Kier molecular flexibility index (Phi) is 4.84. The zero-order chi connectivity index (χ0) is 17.6. The Labute approximate surface area is 144 Å². The molecular formula is C18H17N5O2. The van der Waals surface area contributed by atoms with Crippen molar-refractivity contribution in [3.05, 3.63) is 71.8 Å². The molecule has 0 radical (unpaired) electrons. The van der Waals surface area contributed by atoms with E-state index < -0.39 is 5.91 Å². The van der Waals surface area contributed by atoms with Crippen LogP contribution in [0.4, 0.5) is 11.6 Å². The van der Waals surface area contributed by atoms with E-state index in [0.29, 0.717) is 12.1 Å². The second-order valence-electron chi connectivity index (χ2n) is 5.48. The standard InChI is InChI=1S/C18H17N5O2/c19-17-18(21-22-23(17)12-13-7-3-1-4-8-13)20-16(25)11-15(24)14-9-5-2-6-10-14/h1-10H,11-12,19H2,(H,20,25). The van der Waals surface area contributed by atoms with Gasteiger partial charge in [-0.25, -0.2) is 4.68 Å². The molecular weight excluding hydrogens is 318 g/mol. The molecule has 1 amide bonds. The number of nitrogens with one attached hydrogen (secondary N) is 1. The molecule has 0 aliphatic heterocycles. The van der Waals surface area contributed by atoms with Crippen molar-refractivity contribution in [3.63, 3.8) is 0 Å².